The van der Waals surface area contributed by atoms with Crippen molar-refractivity contribution in [1.29, 1.82) is 0 Å². The zero-order valence-corrected chi connectivity index (χ0v) is 15.9. The maximum absolute atomic E-state index is 13.1. The molecule has 0 spiro atoms. The van der Waals surface area contributed by atoms with E-state index >= 15 is 0 Å². The molecule has 3 aromatic rings. The van der Waals surface area contributed by atoms with E-state index in [1.54, 1.807) is 30.3 Å². The average molecular weight is 415 g/mol. The van der Waals surface area contributed by atoms with Crippen molar-refractivity contribution in [1.82, 2.24) is 0 Å². The smallest absolute Gasteiger partial charge is 0.416 e. The molecule has 0 N–H and O–H groups in total. The fourth-order valence-electron chi connectivity index (χ4n) is 3.12. The molecule has 148 valence electrons. The Labute approximate surface area is 170 Å². The molecule has 29 heavy (non-hydrogen) atoms. The highest BCUT2D eigenvalue weighted by molar-refractivity contribution is 8.00. The highest BCUT2D eigenvalue weighted by Gasteiger charge is 2.36. The average Bonchev–Trinajstić information content (AvgIpc) is 3.10. The first-order valence-corrected chi connectivity index (χ1v) is 9.90. The summed E-state index contributed by atoms with van der Waals surface area (Å²) in [6.45, 7) is 0. The maximum Gasteiger partial charge on any atom is 0.416 e. The van der Waals surface area contributed by atoms with Gasteiger partial charge in [0.2, 0.25) is 5.91 Å². The molecule has 0 bridgehead atoms. The lowest BCUT2D eigenvalue weighted by atomic mass is 10.1. The molecular weight excluding hydrogens is 399 g/mol. The normalized spacial score (nSPS) is 16.9. The molecule has 7 heteroatoms. The van der Waals surface area contributed by atoms with Gasteiger partial charge in [-0.2, -0.15) is 13.2 Å². The SMILES string of the molecule is O=C1CS[C@@H](c2cccc(C(F)(F)F)c2)N1c1ccc(Oc2ccccc2)cc1. The first kappa shape index (κ1) is 19.4. The van der Waals surface area contributed by atoms with E-state index in [0.29, 0.717) is 22.7 Å². The van der Waals surface area contributed by atoms with Gasteiger partial charge in [-0.25, -0.2) is 0 Å². The molecule has 1 atom stereocenters. The van der Waals surface area contributed by atoms with E-state index in [4.69, 9.17) is 4.74 Å². The van der Waals surface area contributed by atoms with Crippen molar-refractivity contribution >= 4 is 23.4 Å². The van der Waals surface area contributed by atoms with Gasteiger partial charge in [0.25, 0.3) is 0 Å². The van der Waals surface area contributed by atoms with Crippen LogP contribution in [0.4, 0.5) is 18.9 Å². The summed E-state index contributed by atoms with van der Waals surface area (Å²) in [6.07, 6.45) is -4.43. The van der Waals surface area contributed by atoms with Crippen molar-refractivity contribution in [2.45, 2.75) is 11.6 Å². The van der Waals surface area contributed by atoms with Crippen LogP contribution in [0.25, 0.3) is 0 Å². The van der Waals surface area contributed by atoms with Gasteiger partial charge in [-0.05, 0) is 54.1 Å². The van der Waals surface area contributed by atoms with Crippen molar-refractivity contribution < 1.29 is 22.7 Å². The fraction of sp³-hybridized carbons (Fsp3) is 0.136. The van der Waals surface area contributed by atoms with Gasteiger partial charge >= 0.3 is 6.18 Å². The van der Waals surface area contributed by atoms with Gasteiger partial charge in [-0.15, -0.1) is 11.8 Å². The molecule has 4 rings (SSSR count). The Kier molecular flexibility index (Phi) is 5.24. The number of nitrogens with zero attached hydrogens (tertiary/aromatic N) is 1. The summed E-state index contributed by atoms with van der Waals surface area (Å²) in [5, 5.41) is -0.509. The van der Waals surface area contributed by atoms with E-state index in [1.807, 2.05) is 30.3 Å². The minimum atomic E-state index is -4.43. The Morgan fingerprint density at radius 3 is 2.28 bits per heavy atom. The third kappa shape index (κ3) is 4.24. The van der Waals surface area contributed by atoms with Gasteiger partial charge in [0.1, 0.15) is 16.9 Å². The molecule has 1 aliphatic heterocycles. The Balaban J connectivity index is 1.59. The lowest BCUT2D eigenvalue weighted by Gasteiger charge is -2.25. The fourth-order valence-corrected chi connectivity index (χ4v) is 4.28. The van der Waals surface area contributed by atoms with Crippen molar-refractivity contribution in [2.75, 3.05) is 10.7 Å². The van der Waals surface area contributed by atoms with Crippen LogP contribution in [0.5, 0.6) is 11.5 Å². The molecule has 0 aromatic heterocycles. The lowest BCUT2D eigenvalue weighted by molar-refractivity contribution is -0.137. The molecule has 0 aliphatic carbocycles. The largest absolute Gasteiger partial charge is 0.457 e. The molecule has 1 heterocycles. The van der Waals surface area contributed by atoms with Gasteiger partial charge in [0.15, 0.2) is 0 Å². The second kappa shape index (κ2) is 7.83. The molecule has 0 saturated carbocycles. The highest BCUT2D eigenvalue weighted by Crippen LogP contribution is 2.43. The van der Waals surface area contributed by atoms with Gasteiger partial charge in [-0.1, -0.05) is 30.3 Å². The van der Waals surface area contributed by atoms with Crippen LogP contribution in [-0.4, -0.2) is 11.7 Å². The molecule has 0 unspecified atom stereocenters. The number of benzene rings is 3. The molecule has 3 nitrogen and oxygen atoms in total. The molecule has 1 fully saturated rings. The summed E-state index contributed by atoms with van der Waals surface area (Å²) in [4.78, 5) is 14.0. The van der Waals surface area contributed by atoms with Crippen molar-refractivity contribution in [2.24, 2.45) is 0 Å². The summed E-state index contributed by atoms with van der Waals surface area (Å²) in [6, 6.07) is 21.4. The number of rotatable bonds is 4. The number of carbonyl (C=O) groups excluding carboxylic acids is 1. The monoisotopic (exact) mass is 415 g/mol. The Morgan fingerprint density at radius 2 is 1.59 bits per heavy atom. The van der Waals surface area contributed by atoms with Crippen LogP contribution in [-0.2, 0) is 11.0 Å². The molecule has 0 radical (unpaired) electrons. The number of carbonyl (C=O) groups is 1. The van der Waals surface area contributed by atoms with E-state index in [-0.39, 0.29) is 11.7 Å². The highest BCUT2D eigenvalue weighted by atomic mass is 32.2. The minimum Gasteiger partial charge on any atom is -0.457 e. The third-order valence-electron chi connectivity index (χ3n) is 4.46. The van der Waals surface area contributed by atoms with Crippen LogP contribution in [0, 0.1) is 0 Å². The van der Waals surface area contributed by atoms with Gasteiger partial charge in [-0.3, -0.25) is 9.69 Å². The molecule has 1 saturated heterocycles. The molecule has 1 amide bonds. The third-order valence-corrected chi connectivity index (χ3v) is 5.67. The van der Waals surface area contributed by atoms with Crippen LogP contribution in [0.3, 0.4) is 0 Å². The van der Waals surface area contributed by atoms with E-state index in [0.717, 1.165) is 12.1 Å². The van der Waals surface area contributed by atoms with Crippen LogP contribution in [0.2, 0.25) is 0 Å². The first-order chi connectivity index (χ1) is 13.9. The van der Waals surface area contributed by atoms with Crippen LogP contribution >= 0.6 is 11.8 Å². The van der Waals surface area contributed by atoms with Crippen molar-refractivity contribution in [3.8, 4) is 11.5 Å². The second-order valence-corrected chi connectivity index (χ2v) is 7.53. The van der Waals surface area contributed by atoms with E-state index in [2.05, 4.69) is 0 Å². The summed E-state index contributed by atoms with van der Waals surface area (Å²) in [7, 11) is 0. The number of ether oxygens (including phenoxy) is 1. The zero-order valence-electron chi connectivity index (χ0n) is 15.1. The van der Waals surface area contributed by atoms with Gasteiger partial charge in [0.05, 0.1) is 11.3 Å². The minimum absolute atomic E-state index is 0.144. The zero-order chi connectivity index (χ0) is 20.4. The van der Waals surface area contributed by atoms with Crippen LogP contribution < -0.4 is 9.64 Å². The summed E-state index contributed by atoms with van der Waals surface area (Å²) >= 11 is 1.31. The lowest BCUT2D eigenvalue weighted by Crippen LogP contribution is -2.27. The van der Waals surface area contributed by atoms with E-state index in [1.165, 1.54) is 22.7 Å². The number of halogens is 3. The number of amides is 1. The van der Waals surface area contributed by atoms with E-state index < -0.39 is 17.1 Å². The quantitative estimate of drug-likeness (QED) is 0.503. The number of anilines is 1. The number of para-hydroxylation sites is 1. The summed E-state index contributed by atoms with van der Waals surface area (Å²) < 4.78 is 45.0. The number of thioether (sulfide) groups is 1. The van der Waals surface area contributed by atoms with Crippen LogP contribution in [0.1, 0.15) is 16.5 Å². The van der Waals surface area contributed by atoms with Crippen molar-refractivity contribution in [3.05, 3.63) is 90.0 Å². The molecule has 3 aromatic carbocycles. The van der Waals surface area contributed by atoms with Gasteiger partial charge < -0.3 is 4.74 Å². The predicted molar refractivity (Wildman–Crippen MR) is 107 cm³/mol. The number of alkyl halides is 3. The van der Waals surface area contributed by atoms with Gasteiger partial charge in [0, 0.05) is 5.69 Å². The topological polar surface area (TPSA) is 29.5 Å². The standard InChI is InChI=1S/C22H16F3NO2S/c23-22(24,25)16-6-4-5-15(13-16)21-26(20(27)14-29-21)17-9-11-19(12-10-17)28-18-7-2-1-3-8-18/h1-13,21H,14H2/t21-/m0/s1. The predicted octanol–water partition coefficient (Wildman–Crippen LogP) is 6.28. The second-order valence-electron chi connectivity index (χ2n) is 6.46. The molecule has 1 aliphatic rings. The van der Waals surface area contributed by atoms with Crippen molar-refractivity contribution in [3.63, 3.8) is 0 Å². The Hall–Kier alpha value is -2.93. The Bertz CT molecular complexity index is 1010. The Morgan fingerprint density at radius 1 is 0.897 bits per heavy atom. The van der Waals surface area contributed by atoms with Crippen LogP contribution in [0.15, 0.2) is 78.9 Å². The number of hydrogen-bond acceptors (Lipinski definition) is 3. The summed E-state index contributed by atoms with van der Waals surface area (Å²) in [5.74, 6) is 1.36. The molecular formula is C22H16F3NO2S. The number of hydrogen-bond donors (Lipinski definition) is 0. The maximum atomic E-state index is 13.1. The van der Waals surface area contributed by atoms with E-state index in [9.17, 15) is 18.0 Å². The first-order valence-electron chi connectivity index (χ1n) is 8.85. The summed E-state index contributed by atoms with van der Waals surface area (Å²) in [5.41, 5.74) is 0.338.